The highest BCUT2D eigenvalue weighted by atomic mass is 32.1. The summed E-state index contributed by atoms with van der Waals surface area (Å²) in [6.07, 6.45) is 8.70. The molecule has 0 bridgehead atoms. The van der Waals surface area contributed by atoms with Gasteiger partial charge in [-0.25, -0.2) is 4.98 Å². The SMILES string of the molecule is C=CCn1c(N2CCC(C)CC2)nc2sc3c(c2c1=O)CCCC3. The van der Waals surface area contributed by atoms with Gasteiger partial charge >= 0.3 is 0 Å². The number of hydrogen-bond acceptors (Lipinski definition) is 4. The fourth-order valence-electron chi connectivity index (χ4n) is 3.97. The highest BCUT2D eigenvalue weighted by Crippen LogP contribution is 2.35. The Morgan fingerprint density at radius 2 is 2.04 bits per heavy atom. The summed E-state index contributed by atoms with van der Waals surface area (Å²) in [5, 5.41) is 0.880. The van der Waals surface area contributed by atoms with Crippen LogP contribution < -0.4 is 10.5 Å². The van der Waals surface area contributed by atoms with Crippen LogP contribution in [0.3, 0.4) is 0 Å². The smallest absolute Gasteiger partial charge is 0.264 e. The number of nitrogens with zero attached hydrogens (tertiary/aromatic N) is 3. The van der Waals surface area contributed by atoms with Crippen LogP contribution in [0.4, 0.5) is 5.95 Å². The Balaban J connectivity index is 1.88. The summed E-state index contributed by atoms with van der Waals surface area (Å²) < 4.78 is 1.84. The molecule has 0 amide bonds. The van der Waals surface area contributed by atoms with Gasteiger partial charge in [-0.1, -0.05) is 13.0 Å². The van der Waals surface area contributed by atoms with E-state index >= 15 is 0 Å². The number of allylic oxidation sites excluding steroid dienone is 1. The van der Waals surface area contributed by atoms with Crippen LogP contribution in [0.5, 0.6) is 0 Å². The van der Waals surface area contributed by atoms with Gasteiger partial charge in [-0.3, -0.25) is 9.36 Å². The molecule has 3 heterocycles. The summed E-state index contributed by atoms with van der Waals surface area (Å²) in [4.78, 5) is 22.8. The van der Waals surface area contributed by atoms with Gasteiger partial charge in [-0.2, -0.15) is 0 Å². The molecule has 1 fully saturated rings. The van der Waals surface area contributed by atoms with Gasteiger partial charge in [-0.15, -0.1) is 17.9 Å². The second kappa shape index (κ2) is 6.36. The number of rotatable bonds is 3. The molecule has 0 N–H and O–H groups in total. The predicted molar refractivity (Wildman–Crippen MR) is 101 cm³/mol. The van der Waals surface area contributed by atoms with Crippen LogP contribution in [0.1, 0.15) is 43.0 Å². The first-order chi connectivity index (χ1) is 11.7. The van der Waals surface area contributed by atoms with E-state index in [9.17, 15) is 4.79 Å². The maximum Gasteiger partial charge on any atom is 0.264 e. The van der Waals surface area contributed by atoms with E-state index in [0.717, 1.165) is 48.0 Å². The maximum atomic E-state index is 13.2. The van der Waals surface area contributed by atoms with Crippen LogP contribution >= 0.6 is 11.3 Å². The molecule has 4 rings (SSSR count). The first-order valence-corrected chi connectivity index (χ1v) is 9.91. The molecule has 5 heteroatoms. The fraction of sp³-hybridized carbons (Fsp3) is 0.579. The van der Waals surface area contributed by atoms with Gasteiger partial charge in [0.25, 0.3) is 5.56 Å². The van der Waals surface area contributed by atoms with Gasteiger partial charge in [0.1, 0.15) is 4.83 Å². The lowest BCUT2D eigenvalue weighted by Crippen LogP contribution is -2.38. The number of hydrogen-bond donors (Lipinski definition) is 0. The second-order valence-electron chi connectivity index (χ2n) is 7.18. The minimum Gasteiger partial charge on any atom is -0.342 e. The van der Waals surface area contributed by atoms with Gasteiger partial charge in [0, 0.05) is 24.5 Å². The molecular formula is C19H25N3OS. The Bertz CT molecular complexity index is 827. The average molecular weight is 343 g/mol. The van der Waals surface area contributed by atoms with Crippen LogP contribution in [0.25, 0.3) is 10.2 Å². The molecule has 4 nitrogen and oxygen atoms in total. The molecule has 2 aromatic rings. The first kappa shape index (κ1) is 15.9. The zero-order valence-corrected chi connectivity index (χ0v) is 15.2. The Morgan fingerprint density at radius 1 is 1.29 bits per heavy atom. The minimum absolute atomic E-state index is 0.132. The molecule has 1 aliphatic heterocycles. The van der Waals surface area contributed by atoms with E-state index in [1.165, 1.54) is 36.1 Å². The summed E-state index contributed by atoms with van der Waals surface area (Å²) in [5.41, 5.74) is 1.41. The third-order valence-corrected chi connectivity index (χ3v) is 6.62. The molecule has 0 saturated carbocycles. The third kappa shape index (κ3) is 2.59. The normalized spacial score (nSPS) is 18.8. The Kier molecular flexibility index (Phi) is 4.21. The Hall–Kier alpha value is -1.62. The lowest BCUT2D eigenvalue weighted by molar-refractivity contribution is 0.430. The largest absolute Gasteiger partial charge is 0.342 e. The van der Waals surface area contributed by atoms with E-state index in [1.54, 1.807) is 11.3 Å². The van der Waals surface area contributed by atoms with Gasteiger partial charge in [0.15, 0.2) is 0 Å². The molecule has 0 aromatic carbocycles. The van der Waals surface area contributed by atoms with Gasteiger partial charge < -0.3 is 4.90 Å². The van der Waals surface area contributed by atoms with E-state index < -0.39 is 0 Å². The number of aryl methyl sites for hydroxylation is 2. The zero-order chi connectivity index (χ0) is 16.7. The van der Waals surface area contributed by atoms with Gasteiger partial charge in [0.2, 0.25) is 5.95 Å². The second-order valence-corrected chi connectivity index (χ2v) is 8.26. The molecule has 0 radical (unpaired) electrons. The van der Waals surface area contributed by atoms with Crippen molar-refractivity contribution in [2.45, 2.75) is 52.0 Å². The summed E-state index contributed by atoms with van der Waals surface area (Å²) in [6.45, 7) is 8.66. The molecule has 128 valence electrons. The van der Waals surface area contributed by atoms with Crippen molar-refractivity contribution in [2.24, 2.45) is 5.92 Å². The molecule has 0 unspecified atom stereocenters. The van der Waals surface area contributed by atoms with E-state index in [-0.39, 0.29) is 5.56 Å². The van der Waals surface area contributed by atoms with Crippen molar-refractivity contribution < 1.29 is 0 Å². The summed E-state index contributed by atoms with van der Waals surface area (Å²) in [7, 11) is 0. The van der Waals surface area contributed by atoms with Crippen molar-refractivity contribution in [1.82, 2.24) is 9.55 Å². The van der Waals surface area contributed by atoms with E-state index in [0.29, 0.717) is 6.54 Å². The highest BCUT2D eigenvalue weighted by molar-refractivity contribution is 7.18. The number of anilines is 1. The number of aromatic nitrogens is 2. The number of piperidine rings is 1. The van der Waals surface area contributed by atoms with Gasteiger partial charge in [0.05, 0.1) is 5.39 Å². The van der Waals surface area contributed by atoms with Crippen LogP contribution in [0.2, 0.25) is 0 Å². The van der Waals surface area contributed by atoms with Crippen LogP contribution in [-0.2, 0) is 19.4 Å². The van der Waals surface area contributed by atoms with E-state index in [2.05, 4.69) is 18.4 Å². The minimum atomic E-state index is 0.132. The fourth-order valence-corrected chi connectivity index (χ4v) is 5.22. The number of thiophene rings is 1. The van der Waals surface area contributed by atoms with Crippen molar-refractivity contribution in [1.29, 1.82) is 0 Å². The average Bonchev–Trinajstić information content (AvgIpc) is 2.97. The molecule has 0 atom stereocenters. The molecule has 2 aliphatic rings. The van der Waals surface area contributed by atoms with Crippen LogP contribution in [0, 0.1) is 5.92 Å². The van der Waals surface area contributed by atoms with Crippen molar-refractivity contribution in [2.75, 3.05) is 18.0 Å². The summed E-state index contributed by atoms with van der Waals surface area (Å²) in [6, 6.07) is 0. The van der Waals surface area contributed by atoms with Crippen LogP contribution in [-0.4, -0.2) is 22.6 Å². The third-order valence-electron chi connectivity index (χ3n) is 5.43. The molecule has 2 aromatic heterocycles. The Morgan fingerprint density at radius 3 is 2.79 bits per heavy atom. The Labute approximate surface area is 146 Å². The monoisotopic (exact) mass is 343 g/mol. The van der Waals surface area contributed by atoms with Crippen molar-refractivity contribution in [3.63, 3.8) is 0 Å². The van der Waals surface area contributed by atoms with E-state index in [4.69, 9.17) is 4.98 Å². The van der Waals surface area contributed by atoms with E-state index in [1.807, 2.05) is 10.6 Å². The van der Waals surface area contributed by atoms with Crippen molar-refractivity contribution in [3.8, 4) is 0 Å². The number of fused-ring (bicyclic) bond motifs is 3. The van der Waals surface area contributed by atoms with Crippen molar-refractivity contribution in [3.05, 3.63) is 33.4 Å². The van der Waals surface area contributed by atoms with Crippen molar-refractivity contribution >= 4 is 27.5 Å². The standard InChI is InChI=1S/C19H25N3OS/c1-3-10-22-18(23)16-14-6-4-5-7-15(14)24-17(16)20-19(22)21-11-8-13(2)9-12-21/h3,13H,1,4-12H2,2H3. The van der Waals surface area contributed by atoms with Gasteiger partial charge in [-0.05, 0) is 50.0 Å². The molecule has 1 aliphatic carbocycles. The highest BCUT2D eigenvalue weighted by Gasteiger charge is 2.25. The summed E-state index contributed by atoms with van der Waals surface area (Å²) >= 11 is 1.74. The molecule has 0 spiro atoms. The molecular weight excluding hydrogens is 318 g/mol. The topological polar surface area (TPSA) is 38.1 Å². The summed E-state index contributed by atoms with van der Waals surface area (Å²) in [5.74, 6) is 1.61. The zero-order valence-electron chi connectivity index (χ0n) is 14.4. The molecule has 1 saturated heterocycles. The lowest BCUT2D eigenvalue weighted by atomic mass is 9.97. The predicted octanol–water partition coefficient (Wildman–Crippen LogP) is 3.76. The maximum absolute atomic E-state index is 13.2. The first-order valence-electron chi connectivity index (χ1n) is 9.10. The quantitative estimate of drug-likeness (QED) is 0.797. The lowest BCUT2D eigenvalue weighted by Gasteiger charge is -2.32. The molecule has 24 heavy (non-hydrogen) atoms. The van der Waals surface area contributed by atoms with Crippen LogP contribution in [0.15, 0.2) is 17.4 Å².